The molecule has 0 aromatic heterocycles. The van der Waals surface area contributed by atoms with Gasteiger partial charge in [-0.25, -0.2) is 4.79 Å². The summed E-state index contributed by atoms with van der Waals surface area (Å²) in [6.45, 7) is 15.0. The van der Waals surface area contributed by atoms with Crippen molar-refractivity contribution in [2.75, 3.05) is 6.54 Å². The maximum absolute atomic E-state index is 14.0. The summed E-state index contributed by atoms with van der Waals surface area (Å²) >= 11 is 0. The average molecular weight is 519 g/mol. The molecule has 0 aliphatic carbocycles. The summed E-state index contributed by atoms with van der Waals surface area (Å²) in [4.78, 5) is 53.4. The van der Waals surface area contributed by atoms with E-state index in [-0.39, 0.29) is 18.7 Å². The maximum atomic E-state index is 14.0. The maximum Gasteiger partial charge on any atom is 0.408 e. The molecule has 0 saturated carbocycles. The number of nitrogens with two attached hydrogens (primary N) is 1. The molecule has 9 heteroatoms. The fraction of sp³-hybridized carbons (Fsp3) is 0.643. The molecule has 9 nitrogen and oxygen atoms in total. The summed E-state index contributed by atoms with van der Waals surface area (Å²) in [5.41, 5.74) is 5.66. The van der Waals surface area contributed by atoms with Crippen molar-refractivity contribution in [3.63, 3.8) is 0 Å². The van der Waals surface area contributed by atoms with Gasteiger partial charge < -0.3 is 26.0 Å². The van der Waals surface area contributed by atoms with Gasteiger partial charge in [-0.2, -0.15) is 0 Å². The van der Waals surface area contributed by atoms with Crippen LogP contribution in [0, 0.1) is 6.92 Å². The number of primary amides is 1. The molecule has 1 rings (SSSR count). The number of unbranched alkanes of at least 4 members (excludes halogenated alkanes) is 2. The Morgan fingerprint density at radius 3 is 2.22 bits per heavy atom. The third-order valence-electron chi connectivity index (χ3n) is 5.37. The Bertz CT molecular complexity index is 933. The van der Waals surface area contributed by atoms with Crippen molar-refractivity contribution in [1.29, 1.82) is 0 Å². The van der Waals surface area contributed by atoms with Crippen molar-refractivity contribution in [3.05, 3.63) is 35.4 Å². The fourth-order valence-electron chi connectivity index (χ4n) is 3.84. The zero-order valence-corrected chi connectivity index (χ0v) is 23.8. The van der Waals surface area contributed by atoms with Gasteiger partial charge in [0, 0.05) is 18.5 Å². The van der Waals surface area contributed by atoms with Crippen LogP contribution in [0.1, 0.15) is 97.7 Å². The third-order valence-corrected chi connectivity index (χ3v) is 5.37. The number of hydrogen-bond donors (Lipinski definition) is 3. The zero-order chi connectivity index (χ0) is 28.4. The Morgan fingerprint density at radius 1 is 1.05 bits per heavy atom. The van der Waals surface area contributed by atoms with Crippen molar-refractivity contribution in [1.82, 2.24) is 15.5 Å². The second-order valence-electron chi connectivity index (χ2n) is 11.5. The Hall–Kier alpha value is -3.10. The monoisotopic (exact) mass is 518 g/mol. The molecule has 37 heavy (non-hydrogen) atoms. The minimum Gasteiger partial charge on any atom is -0.444 e. The summed E-state index contributed by atoms with van der Waals surface area (Å²) in [5, 5.41) is 5.62. The number of amides is 4. The zero-order valence-electron chi connectivity index (χ0n) is 23.8. The Balaban J connectivity index is 3.53. The van der Waals surface area contributed by atoms with E-state index in [2.05, 4.69) is 17.6 Å². The van der Waals surface area contributed by atoms with E-state index in [0.717, 1.165) is 18.4 Å². The predicted octanol–water partition coefficient (Wildman–Crippen LogP) is 4.13. The van der Waals surface area contributed by atoms with Crippen LogP contribution in [0.5, 0.6) is 0 Å². The summed E-state index contributed by atoms with van der Waals surface area (Å²) in [7, 11) is 0. The first kappa shape index (κ1) is 31.9. The second-order valence-corrected chi connectivity index (χ2v) is 11.5. The lowest BCUT2D eigenvalue weighted by Crippen LogP contribution is -2.55. The molecule has 1 aromatic rings. The van der Waals surface area contributed by atoms with Gasteiger partial charge in [-0.15, -0.1) is 0 Å². The summed E-state index contributed by atoms with van der Waals surface area (Å²) in [6, 6.07) is 5.44. The van der Waals surface area contributed by atoms with E-state index in [1.165, 1.54) is 4.90 Å². The Morgan fingerprint density at radius 2 is 1.70 bits per heavy atom. The molecular formula is C28H46N4O5. The third kappa shape index (κ3) is 12.1. The molecular weight excluding hydrogens is 472 g/mol. The van der Waals surface area contributed by atoms with Crippen LogP contribution in [0.4, 0.5) is 4.79 Å². The number of benzene rings is 1. The predicted molar refractivity (Wildman–Crippen MR) is 145 cm³/mol. The van der Waals surface area contributed by atoms with Crippen LogP contribution in [-0.4, -0.2) is 52.4 Å². The van der Waals surface area contributed by atoms with Gasteiger partial charge in [0.2, 0.25) is 17.7 Å². The molecule has 2 unspecified atom stereocenters. The molecule has 4 amide bonds. The highest BCUT2D eigenvalue weighted by Gasteiger charge is 2.37. The second kappa shape index (κ2) is 14.0. The molecule has 4 N–H and O–H groups in total. The molecule has 0 spiro atoms. The first-order valence-electron chi connectivity index (χ1n) is 13.0. The number of alkyl carbamates (subject to hydrolysis) is 1. The van der Waals surface area contributed by atoms with Crippen molar-refractivity contribution in [2.45, 2.75) is 111 Å². The molecule has 0 heterocycles. The lowest BCUT2D eigenvalue weighted by atomic mass is 9.98. The number of hydrogen-bond acceptors (Lipinski definition) is 5. The van der Waals surface area contributed by atoms with E-state index in [1.807, 2.05) is 52.0 Å². The standard InChI is InChI=1S/C28H46N4O5/c1-9-10-11-17-32(23(24(34)31-27(3,4)5)20-14-12-13-19(2)18-20)25(35)21(15-16-22(29)33)30-26(36)37-28(6,7)8/h12-14,18,21,23H,9-11,15-17H2,1-8H3,(H2,29,33)(H,30,36)(H,31,34). The van der Waals surface area contributed by atoms with E-state index in [9.17, 15) is 19.2 Å². The highest BCUT2D eigenvalue weighted by Crippen LogP contribution is 2.26. The molecule has 208 valence electrons. The largest absolute Gasteiger partial charge is 0.444 e. The first-order chi connectivity index (χ1) is 17.0. The Labute approximate surface area is 221 Å². The van der Waals surface area contributed by atoms with E-state index < -0.39 is 41.1 Å². The van der Waals surface area contributed by atoms with E-state index in [1.54, 1.807) is 20.8 Å². The summed E-state index contributed by atoms with van der Waals surface area (Å²) in [6.07, 6.45) is 1.54. The quantitative estimate of drug-likeness (QED) is 0.358. The molecule has 0 radical (unpaired) electrons. The lowest BCUT2D eigenvalue weighted by Gasteiger charge is -2.36. The number of nitrogens with zero attached hydrogens (tertiary/aromatic N) is 1. The number of nitrogens with one attached hydrogen (secondary N) is 2. The van der Waals surface area contributed by atoms with Crippen molar-refractivity contribution < 1.29 is 23.9 Å². The van der Waals surface area contributed by atoms with Gasteiger partial charge in [-0.1, -0.05) is 49.6 Å². The van der Waals surface area contributed by atoms with Gasteiger partial charge in [-0.3, -0.25) is 14.4 Å². The van der Waals surface area contributed by atoms with E-state index in [4.69, 9.17) is 10.5 Å². The van der Waals surface area contributed by atoms with E-state index >= 15 is 0 Å². The van der Waals surface area contributed by atoms with Crippen LogP contribution in [0.2, 0.25) is 0 Å². The molecule has 0 saturated heterocycles. The fourth-order valence-corrected chi connectivity index (χ4v) is 3.84. The van der Waals surface area contributed by atoms with Gasteiger partial charge in [-0.05, 0) is 66.9 Å². The minimum atomic E-state index is -1.10. The molecule has 1 aromatic carbocycles. The summed E-state index contributed by atoms with van der Waals surface area (Å²) in [5.74, 6) is -1.39. The number of rotatable bonds is 12. The molecule has 0 aliphatic rings. The van der Waals surface area contributed by atoms with Gasteiger partial charge >= 0.3 is 6.09 Å². The highest BCUT2D eigenvalue weighted by molar-refractivity contribution is 5.92. The van der Waals surface area contributed by atoms with Crippen molar-refractivity contribution in [2.24, 2.45) is 5.73 Å². The van der Waals surface area contributed by atoms with Crippen molar-refractivity contribution >= 4 is 23.8 Å². The number of carbonyl (C=O) groups is 4. The van der Waals surface area contributed by atoms with Gasteiger partial charge in [0.1, 0.15) is 17.7 Å². The normalized spacial score (nSPS) is 13.3. The highest BCUT2D eigenvalue weighted by atomic mass is 16.6. The van der Waals surface area contributed by atoms with Crippen LogP contribution < -0.4 is 16.4 Å². The van der Waals surface area contributed by atoms with Crippen LogP contribution in [0.3, 0.4) is 0 Å². The SMILES string of the molecule is CCCCCN(C(=O)C(CCC(N)=O)NC(=O)OC(C)(C)C)C(C(=O)NC(C)(C)C)c1cccc(C)c1. The van der Waals surface area contributed by atoms with Crippen LogP contribution in [-0.2, 0) is 19.1 Å². The summed E-state index contributed by atoms with van der Waals surface area (Å²) < 4.78 is 5.36. The molecule has 2 atom stereocenters. The van der Waals surface area contributed by atoms with Crippen LogP contribution in [0.25, 0.3) is 0 Å². The van der Waals surface area contributed by atoms with E-state index in [0.29, 0.717) is 18.5 Å². The van der Waals surface area contributed by atoms with Crippen LogP contribution in [0.15, 0.2) is 24.3 Å². The lowest BCUT2D eigenvalue weighted by molar-refractivity contribution is -0.143. The topological polar surface area (TPSA) is 131 Å². The minimum absolute atomic E-state index is 0.0148. The number of aryl methyl sites for hydroxylation is 1. The van der Waals surface area contributed by atoms with Gasteiger partial charge in [0.15, 0.2) is 0 Å². The molecule has 0 fully saturated rings. The number of ether oxygens (including phenoxy) is 1. The first-order valence-corrected chi connectivity index (χ1v) is 13.0. The molecule has 0 aliphatic heterocycles. The van der Waals surface area contributed by atoms with Gasteiger partial charge in [0.05, 0.1) is 0 Å². The smallest absolute Gasteiger partial charge is 0.408 e. The molecule has 0 bridgehead atoms. The van der Waals surface area contributed by atoms with Crippen molar-refractivity contribution in [3.8, 4) is 0 Å². The number of carbonyl (C=O) groups excluding carboxylic acids is 4. The average Bonchev–Trinajstić information content (AvgIpc) is 2.73. The Kier molecular flexibility index (Phi) is 12.1. The van der Waals surface area contributed by atoms with Crippen LogP contribution >= 0.6 is 0 Å². The van der Waals surface area contributed by atoms with Gasteiger partial charge in [0.25, 0.3) is 0 Å².